The number of anilines is 1. The highest BCUT2D eigenvalue weighted by Gasteiger charge is 2.31. The number of terminal acetylenes is 1. The number of aromatic hydroxyl groups is 1. The van der Waals surface area contributed by atoms with Crippen LogP contribution < -0.4 is 5.32 Å². The fourth-order valence-corrected chi connectivity index (χ4v) is 3.52. The summed E-state index contributed by atoms with van der Waals surface area (Å²) in [5.41, 5.74) is 2.84. The molecule has 0 radical (unpaired) electrons. The van der Waals surface area contributed by atoms with Gasteiger partial charge in [-0.3, -0.25) is 0 Å². The van der Waals surface area contributed by atoms with Gasteiger partial charge in [0.15, 0.2) is 0 Å². The zero-order valence-corrected chi connectivity index (χ0v) is 14.9. The molecule has 1 saturated heterocycles. The van der Waals surface area contributed by atoms with E-state index in [0.717, 1.165) is 38.0 Å². The number of rotatable bonds is 4. The van der Waals surface area contributed by atoms with E-state index in [-0.39, 0.29) is 5.75 Å². The van der Waals surface area contributed by atoms with Crippen molar-refractivity contribution >= 4 is 5.95 Å². The first-order chi connectivity index (χ1) is 12.6. The number of aromatic nitrogens is 3. The van der Waals surface area contributed by atoms with E-state index < -0.39 is 0 Å². The van der Waals surface area contributed by atoms with E-state index in [2.05, 4.69) is 33.4 Å². The van der Waals surface area contributed by atoms with Crippen molar-refractivity contribution in [2.45, 2.75) is 37.6 Å². The second kappa shape index (κ2) is 6.93. The molecule has 0 spiro atoms. The maximum absolute atomic E-state index is 10.3. The summed E-state index contributed by atoms with van der Waals surface area (Å²) >= 11 is 0. The highest BCUT2D eigenvalue weighted by molar-refractivity contribution is 5.70. The lowest BCUT2D eigenvalue weighted by Gasteiger charge is -2.30. The van der Waals surface area contributed by atoms with Gasteiger partial charge in [-0.15, -0.1) is 16.6 Å². The molecule has 1 atom stereocenters. The summed E-state index contributed by atoms with van der Waals surface area (Å²) in [4.78, 5) is 7.07. The molecule has 1 aliphatic carbocycles. The van der Waals surface area contributed by atoms with Crippen molar-refractivity contribution in [1.82, 2.24) is 20.1 Å². The standard InChI is InChI=1S/C20H23N5O/c1-3-13-6-9-16(17(26)11-13)19-18(14-7-8-14)22-20(24-23-19)21-15-5-4-10-25(2)12-15/h1,6,9,11,14-15,26H,4-5,7-8,10,12H2,2H3,(H,21,22,24). The molecule has 2 fully saturated rings. The molecule has 2 heterocycles. The summed E-state index contributed by atoms with van der Waals surface area (Å²) < 4.78 is 0. The first kappa shape index (κ1) is 16.8. The molecule has 1 aliphatic heterocycles. The van der Waals surface area contributed by atoms with Crippen molar-refractivity contribution in [2.75, 3.05) is 25.5 Å². The van der Waals surface area contributed by atoms with E-state index in [1.54, 1.807) is 18.2 Å². The molecule has 2 aliphatic rings. The predicted octanol–water partition coefficient (Wildman–Crippen LogP) is 2.61. The van der Waals surface area contributed by atoms with E-state index in [9.17, 15) is 5.11 Å². The number of phenols is 1. The molecule has 1 saturated carbocycles. The second-order valence-electron chi connectivity index (χ2n) is 7.27. The van der Waals surface area contributed by atoms with Crippen LogP contribution in [0.4, 0.5) is 5.95 Å². The monoisotopic (exact) mass is 349 g/mol. The number of nitrogens with zero attached hydrogens (tertiary/aromatic N) is 4. The molecule has 26 heavy (non-hydrogen) atoms. The number of hydrogen-bond acceptors (Lipinski definition) is 6. The van der Waals surface area contributed by atoms with Crippen molar-refractivity contribution in [3.8, 4) is 29.4 Å². The summed E-state index contributed by atoms with van der Waals surface area (Å²) in [6.07, 6.45) is 9.88. The summed E-state index contributed by atoms with van der Waals surface area (Å²) in [5.74, 6) is 3.62. The minimum Gasteiger partial charge on any atom is -0.507 e. The summed E-state index contributed by atoms with van der Waals surface area (Å²) in [5, 5.41) is 22.5. The fraction of sp³-hybridized carbons (Fsp3) is 0.450. The lowest BCUT2D eigenvalue weighted by molar-refractivity contribution is 0.260. The van der Waals surface area contributed by atoms with Crippen LogP contribution in [-0.4, -0.2) is 51.4 Å². The highest BCUT2D eigenvalue weighted by atomic mass is 16.3. The van der Waals surface area contributed by atoms with Gasteiger partial charge in [0.2, 0.25) is 5.95 Å². The molecule has 1 aromatic carbocycles. The number of piperidine rings is 1. The Morgan fingerprint density at radius 2 is 2.12 bits per heavy atom. The Morgan fingerprint density at radius 3 is 2.81 bits per heavy atom. The van der Waals surface area contributed by atoms with Crippen molar-refractivity contribution in [3.63, 3.8) is 0 Å². The first-order valence-electron chi connectivity index (χ1n) is 9.13. The Balaban J connectivity index is 1.63. The van der Waals surface area contributed by atoms with Crippen molar-refractivity contribution < 1.29 is 5.11 Å². The van der Waals surface area contributed by atoms with Crippen LogP contribution in [0, 0.1) is 12.3 Å². The molecule has 6 nitrogen and oxygen atoms in total. The van der Waals surface area contributed by atoms with E-state index in [1.165, 1.54) is 6.42 Å². The van der Waals surface area contributed by atoms with Gasteiger partial charge < -0.3 is 15.3 Å². The van der Waals surface area contributed by atoms with Gasteiger partial charge >= 0.3 is 0 Å². The Hall–Kier alpha value is -2.65. The molecule has 2 N–H and O–H groups in total. The molecule has 134 valence electrons. The Labute approximate surface area is 153 Å². The van der Waals surface area contributed by atoms with E-state index in [1.807, 2.05) is 0 Å². The van der Waals surface area contributed by atoms with Crippen LogP contribution in [0.1, 0.15) is 42.9 Å². The third-order valence-electron chi connectivity index (χ3n) is 5.05. The topological polar surface area (TPSA) is 74.2 Å². The highest BCUT2D eigenvalue weighted by Crippen LogP contribution is 2.44. The zero-order chi connectivity index (χ0) is 18.1. The molecular weight excluding hydrogens is 326 g/mol. The summed E-state index contributed by atoms with van der Waals surface area (Å²) in [6, 6.07) is 5.53. The number of phenolic OH excluding ortho intramolecular Hbond substituents is 1. The molecule has 0 amide bonds. The summed E-state index contributed by atoms with van der Waals surface area (Å²) in [7, 11) is 2.13. The predicted molar refractivity (Wildman–Crippen MR) is 101 cm³/mol. The smallest absolute Gasteiger partial charge is 0.243 e. The zero-order valence-electron chi connectivity index (χ0n) is 14.9. The molecule has 6 heteroatoms. The minimum absolute atomic E-state index is 0.119. The lowest BCUT2D eigenvalue weighted by atomic mass is 10.0. The van der Waals surface area contributed by atoms with Gasteiger partial charge in [0.25, 0.3) is 0 Å². The van der Waals surface area contributed by atoms with Gasteiger partial charge in [-0.1, -0.05) is 5.92 Å². The van der Waals surface area contributed by atoms with Crippen LogP contribution in [0.15, 0.2) is 18.2 Å². The van der Waals surface area contributed by atoms with Crippen molar-refractivity contribution in [3.05, 3.63) is 29.5 Å². The number of hydrogen-bond donors (Lipinski definition) is 2. The van der Waals surface area contributed by atoms with Gasteiger partial charge in [-0.2, -0.15) is 0 Å². The third-order valence-corrected chi connectivity index (χ3v) is 5.05. The van der Waals surface area contributed by atoms with Crippen LogP contribution >= 0.6 is 0 Å². The quantitative estimate of drug-likeness (QED) is 0.827. The maximum Gasteiger partial charge on any atom is 0.243 e. The molecule has 1 aromatic heterocycles. The SMILES string of the molecule is C#Cc1ccc(-c2nnc(NC3CCCN(C)C3)nc2C2CC2)c(O)c1. The largest absolute Gasteiger partial charge is 0.507 e. The van der Waals surface area contributed by atoms with Gasteiger partial charge in [0.1, 0.15) is 11.4 Å². The van der Waals surface area contributed by atoms with Gasteiger partial charge in [0.05, 0.1) is 5.69 Å². The maximum atomic E-state index is 10.3. The molecular formula is C20H23N5O. The van der Waals surface area contributed by atoms with Crippen LogP contribution in [0.2, 0.25) is 0 Å². The van der Waals surface area contributed by atoms with Crippen LogP contribution in [0.3, 0.4) is 0 Å². The second-order valence-corrected chi connectivity index (χ2v) is 7.27. The Morgan fingerprint density at radius 1 is 1.27 bits per heavy atom. The molecule has 0 bridgehead atoms. The molecule has 4 rings (SSSR count). The van der Waals surface area contributed by atoms with Crippen LogP contribution in [0.25, 0.3) is 11.3 Å². The number of nitrogens with one attached hydrogen (secondary N) is 1. The van der Waals surface area contributed by atoms with Crippen molar-refractivity contribution in [1.29, 1.82) is 0 Å². The van der Waals surface area contributed by atoms with Crippen molar-refractivity contribution in [2.24, 2.45) is 0 Å². The third kappa shape index (κ3) is 3.49. The number of likely N-dealkylation sites (N-methyl/N-ethyl adjacent to an activating group) is 1. The van der Waals surface area contributed by atoms with Crippen LogP contribution in [-0.2, 0) is 0 Å². The average Bonchev–Trinajstić information content (AvgIpc) is 3.47. The van der Waals surface area contributed by atoms with E-state index >= 15 is 0 Å². The van der Waals surface area contributed by atoms with Gasteiger partial charge in [-0.05, 0) is 57.5 Å². The van der Waals surface area contributed by atoms with E-state index in [4.69, 9.17) is 11.4 Å². The normalized spacial score (nSPS) is 20.5. The number of likely N-dealkylation sites (tertiary alicyclic amines) is 1. The number of benzene rings is 1. The molecule has 1 unspecified atom stereocenters. The summed E-state index contributed by atoms with van der Waals surface area (Å²) in [6.45, 7) is 2.12. The minimum atomic E-state index is 0.119. The Kier molecular flexibility index (Phi) is 4.48. The fourth-order valence-electron chi connectivity index (χ4n) is 3.52. The lowest BCUT2D eigenvalue weighted by Crippen LogP contribution is -2.40. The molecule has 2 aromatic rings. The Bertz CT molecular complexity index is 856. The van der Waals surface area contributed by atoms with Crippen LogP contribution in [0.5, 0.6) is 5.75 Å². The van der Waals surface area contributed by atoms with Gasteiger partial charge in [0, 0.05) is 29.6 Å². The average molecular weight is 349 g/mol. The van der Waals surface area contributed by atoms with E-state index in [0.29, 0.717) is 34.7 Å². The van der Waals surface area contributed by atoms with Gasteiger partial charge in [-0.25, -0.2) is 4.98 Å². The first-order valence-corrected chi connectivity index (χ1v) is 9.13.